The molecule has 30 heavy (non-hydrogen) atoms. The summed E-state index contributed by atoms with van der Waals surface area (Å²) in [5.41, 5.74) is 0.837. The van der Waals surface area contributed by atoms with Gasteiger partial charge in [0.05, 0.1) is 25.2 Å². The van der Waals surface area contributed by atoms with Gasteiger partial charge in [-0.25, -0.2) is 4.79 Å². The van der Waals surface area contributed by atoms with Crippen LogP contribution >= 0.6 is 0 Å². The maximum absolute atomic E-state index is 12.7. The minimum Gasteiger partial charge on any atom is -0.548 e. The molecule has 1 heterocycles. The van der Waals surface area contributed by atoms with Crippen LogP contribution in [0, 0.1) is 5.92 Å². The van der Waals surface area contributed by atoms with Gasteiger partial charge in [0.15, 0.2) is 6.29 Å². The number of aliphatic carboxylic acids is 1. The molecule has 1 aliphatic heterocycles. The molecule has 2 N–H and O–H groups in total. The number of rotatable bonds is 10. The number of hydrogen-bond donors (Lipinski definition) is 2. The monoisotopic (exact) mass is 430 g/mol. The number of ether oxygens (including phenoxy) is 3. The first-order valence-corrected chi connectivity index (χ1v) is 9.55. The van der Waals surface area contributed by atoms with E-state index in [0.717, 1.165) is 5.56 Å². The van der Waals surface area contributed by atoms with Gasteiger partial charge < -0.3 is 34.7 Å². The van der Waals surface area contributed by atoms with E-state index in [1.807, 2.05) is 44.2 Å². The van der Waals surface area contributed by atoms with E-state index < -0.39 is 43.0 Å². The second kappa shape index (κ2) is 13.6. The molecule has 10 heteroatoms. The summed E-state index contributed by atoms with van der Waals surface area (Å²) in [7, 11) is 0. The van der Waals surface area contributed by atoms with E-state index in [1.54, 1.807) is 0 Å². The smallest absolute Gasteiger partial charge is 0.548 e. The quantitative estimate of drug-likeness (QED) is 0.388. The fourth-order valence-electron chi connectivity index (χ4n) is 2.91. The third-order valence-electron chi connectivity index (χ3n) is 4.26. The predicted octanol–water partition coefficient (Wildman–Crippen LogP) is -2.67. The normalized spacial score (nSPS) is 18.9. The molecular weight excluding hydrogens is 403 g/mol. The van der Waals surface area contributed by atoms with Crippen molar-refractivity contribution in [2.75, 3.05) is 13.2 Å². The Morgan fingerprint density at radius 3 is 2.57 bits per heavy atom. The number of amides is 2. The fraction of sp³-hybridized carbons (Fsp3) is 0.550. The molecule has 1 aliphatic rings. The van der Waals surface area contributed by atoms with Crippen LogP contribution in [0.3, 0.4) is 0 Å². The number of nitrogens with one attached hydrogen (secondary N) is 2. The van der Waals surface area contributed by atoms with Crippen molar-refractivity contribution < 1.29 is 63.3 Å². The van der Waals surface area contributed by atoms with Crippen molar-refractivity contribution in [2.45, 2.75) is 51.7 Å². The van der Waals surface area contributed by atoms with Crippen molar-refractivity contribution in [3.63, 3.8) is 0 Å². The van der Waals surface area contributed by atoms with Crippen LogP contribution < -0.4 is 45.3 Å². The number of carbonyl (C=O) groups is 3. The first-order chi connectivity index (χ1) is 13.8. The van der Waals surface area contributed by atoms with Gasteiger partial charge in [0.2, 0.25) is 5.91 Å². The summed E-state index contributed by atoms with van der Waals surface area (Å²) in [4.78, 5) is 35.4. The minimum atomic E-state index is -1.37. The zero-order valence-corrected chi connectivity index (χ0v) is 19.6. The molecule has 0 saturated carbocycles. The largest absolute Gasteiger partial charge is 1.00 e. The second-order valence-electron chi connectivity index (χ2n) is 7.21. The first kappa shape index (κ1) is 26.4. The van der Waals surface area contributed by atoms with Crippen molar-refractivity contribution in [3.8, 4) is 0 Å². The van der Waals surface area contributed by atoms with Crippen molar-refractivity contribution >= 4 is 18.0 Å². The Morgan fingerprint density at radius 1 is 1.23 bits per heavy atom. The zero-order valence-electron chi connectivity index (χ0n) is 17.6. The molecule has 160 valence electrons. The molecule has 0 bridgehead atoms. The summed E-state index contributed by atoms with van der Waals surface area (Å²) in [5, 5.41) is 15.9. The number of carboxylic acid groups (broad SMARTS) is 1. The van der Waals surface area contributed by atoms with Gasteiger partial charge >= 0.3 is 35.7 Å². The van der Waals surface area contributed by atoms with Crippen LogP contribution in [0.1, 0.15) is 32.3 Å². The summed E-state index contributed by atoms with van der Waals surface area (Å²) in [6.07, 6.45) is -0.690. The molecule has 0 aliphatic carbocycles. The average Bonchev–Trinajstić information content (AvgIpc) is 3.11. The third kappa shape index (κ3) is 9.44. The number of benzene rings is 1. The van der Waals surface area contributed by atoms with Gasteiger partial charge in [-0.2, -0.15) is 0 Å². The van der Waals surface area contributed by atoms with Crippen LogP contribution in [0.5, 0.6) is 0 Å². The standard InChI is InChI=1S/C20H28N2O7.Na/c1-13(2)10-16(22-20(26)29-11-14-6-4-3-5-7-14)18(25)21-15-8-9-27-19(15)28-12-17(23)24;/h3-7,13,15-16,19H,8-12H2,1-2H3,(H,21,25)(H,22,26)(H,23,24);/q;+1/p-1/t15-,16-,19?;/m0./s1. The maximum Gasteiger partial charge on any atom is 1.00 e. The number of carbonyl (C=O) groups excluding carboxylic acids is 3. The van der Waals surface area contributed by atoms with E-state index in [2.05, 4.69) is 10.6 Å². The predicted molar refractivity (Wildman–Crippen MR) is 100 cm³/mol. The summed E-state index contributed by atoms with van der Waals surface area (Å²) in [5.74, 6) is -1.64. The summed E-state index contributed by atoms with van der Waals surface area (Å²) in [6, 6.07) is 7.89. The zero-order chi connectivity index (χ0) is 21.2. The van der Waals surface area contributed by atoms with Crippen molar-refractivity contribution in [1.82, 2.24) is 10.6 Å². The number of carboxylic acids is 1. The van der Waals surface area contributed by atoms with Gasteiger partial charge in [0, 0.05) is 0 Å². The Hall–Kier alpha value is -1.65. The molecule has 0 radical (unpaired) electrons. The summed E-state index contributed by atoms with van der Waals surface area (Å²) < 4.78 is 15.6. The Kier molecular flexibility index (Phi) is 12.0. The van der Waals surface area contributed by atoms with Gasteiger partial charge in [-0.15, -0.1) is 0 Å². The first-order valence-electron chi connectivity index (χ1n) is 9.55. The Morgan fingerprint density at radius 2 is 1.93 bits per heavy atom. The van der Waals surface area contributed by atoms with Crippen LogP contribution in [-0.2, 0) is 30.4 Å². The fourth-order valence-corrected chi connectivity index (χ4v) is 2.91. The molecule has 9 nitrogen and oxygen atoms in total. The average molecular weight is 430 g/mol. The number of alkyl carbamates (subject to hydrolysis) is 1. The molecule has 1 aromatic rings. The maximum atomic E-state index is 12.7. The third-order valence-corrected chi connectivity index (χ3v) is 4.26. The van der Waals surface area contributed by atoms with Crippen LogP contribution in [0.25, 0.3) is 0 Å². The van der Waals surface area contributed by atoms with Gasteiger partial charge in [0.25, 0.3) is 0 Å². The van der Waals surface area contributed by atoms with Gasteiger partial charge in [-0.05, 0) is 24.3 Å². The molecule has 1 unspecified atom stereocenters. The molecule has 1 aromatic carbocycles. The molecule has 2 rings (SSSR count). The van der Waals surface area contributed by atoms with Crippen LogP contribution in [0.2, 0.25) is 0 Å². The summed E-state index contributed by atoms with van der Waals surface area (Å²) >= 11 is 0. The molecule has 0 aromatic heterocycles. The second-order valence-corrected chi connectivity index (χ2v) is 7.21. The number of hydrogen-bond acceptors (Lipinski definition) is 7. The minimum absolute atomic E-state index is 0. The Balaban J connectivity index is 0.00000450. The molecule has 2 amide bonds. The van der Waals surface area contributed by atoms with E-state index in [4.69, 9.17) is 14.2 Å². The van der Waals surface area contributed by atoms with E-state index in [-0.39, 0.29) is 42.1 Å². The molecule has 0 spiro atoms. The van der Waals surface area contributed by atoms with Crippen LogP contribution in [0.4, 0.5) is 4.79 Å². The molecular formula is C20H27N2NaO7. The molecule has 1 saturated heterocycles. The Labute approximate surface area is 198 Å². The molecule has 1 fully saturated rings. The van der Waals surface area contributed by atoms with Crippen molar-refractivity contribution in [2.24, 2.45) is 5.92 Å². The topological polar surface area (TPSA) is 126 Å². The summed E-state index contributed by atoms with van der Waals surface area (Å²) in [6.45, 7) is 3.66. The molecule has 3 atom stereocenters. The van der Waals surface area contributed by atoms with E-state index in [0.29, 0.717) is 19.4 Å². The SMILES string of the molecule is CC(C)C[C@H](NC(=O)OCc1ccccc1)C(=O)N[C@H]1CCOC1OCC(=O)[O-].[Na+]. The van der Waals surface area contributed by atoms with Crippen molar-refractivity contribution in [1.29, 1.82) is 0 Å². The van der Waals surface area contributed by atoms with E-state index in [1.165, 1.54) is 0 Å². The van der Waals surface area contributed by atoms with Gasteiger partial charge in [-0.3, -0.25) is 4.79 Å². The van der Waals surface area contributed by atoms with Crippen molar-refractivity contribution in [3.05, 3.63) is 35.9 Å². The van der Waals surface area contributed by atoms with Crippen LogP contribution in [0.15, 0.2) is 30.3 Å². The van der Waals surface area contributed by atoms with E-state index in [9.17, 15) is 19.5 Å². The van der Waals surface area contributed by atoms with Crippen LogP contribution in [-0.4, -0.2) is 49.6 Å². The Bertz CT molecular complexity index is 687. The van der Waals surface area contributed by atoms with E-state index >= 15 is 0 Å². The van der Waals surface area contributed by atoms with Gasteiger partial charge in [-0.1, -0.05) is 44.2 Å². The van der Waals surface area contributed by atoms with Gasteiger partial charge in [0.1, 0.15) is 12.6 Å².